The molecule has 0 aromatic carbocycles. The average Bonchev–Trinajstić information content (AvgIpc) is 1.35. The molecule has 0 saturated heterocycles. The summed E-state index contributed by atoms with van der Waals surface area (Å²) in [7, 11) is 0. The van der Waals surface area contributed by atoms with E-state index in [9.17, 15) is 4.79 Å². The fraction of sp³-hybridized carbons (Fsp3) is 0.333. The van der Waals surface area contributed by atoms with Crippen LogP contribution in [0.15, 0.2) is 0 Å². The van der Waals surface area contributed by atoms with E-state index in [1.807, 2.05) is 0 Å². The fourth-order valence-corrected chi connectivity index (χ4v) is 0.0704. The van der Waals surface area contributed by atoms with E-state index in [-0.39, 0.29) is 0 Å². The molecule has 0 bridgehead atoms. The van der Waals surface area contributed by atoms with E-state index in [1.165, 1.54) is 13.1 Å². The van der Waals surface area contributed by atoms with Crippen LogP contribution in [0.5, 0.6) is 0 Å². The lowest BCUT2D eigenvalue weighted by Crippen LogP contribution is -2.01. The van der Waals surface area contributed by atoms with Crippen molar-refractivity contribution in [1.29, 1.82) is 5.26 Å². The van der Waals surface area contributed by atoms with Crippen molar-refractivity contribution in [1.82, 2.24) is 5.32 Å². The smallest absolute Gasteiger partial charge is 0.252 e. The van der Waals surface area contributed by atoms with E-state index in [1.54, 1.807) is 0 Å². The molecule has 0 N–H and O–H groups in total. The molecule has 1 radical (unpaired) electrons. The normalized spacial score (nSPS) is 6.00. The number of rotatable bonds is 0. The van der Waals surface area contributed by atoms with Crippen LogP contribution in [0.2, 0.25) is 0 Å². The highest BCUT2D eigenvalue weighted by molar-refractivity contribution is 5.73. The number of carbonyl (C=O) groups is 1. The van der Waals surface area contributed by atoms with Crippen LogP contribution in [0, 0.1) is 11.5 Å². The standard InChI is InChI=1S/C3H3N2O/c1-3(6)5-2-4/h1H3. The van der Waals surface area contributed by atoms with Crippen LogP contribution in [-0.2, 0) is 4.79 Å². The molecule has 3 nitrogen and oxygen atoms in total. The highest BCUT2D eigenvalue weighted by atomic mass is 16.1. The SMILES string of the molecule is CC(=O)[N]C#N. The summed E-state index contributed by atoms with van der Waals surface area (Å²) in [5.41, 5.74) is 0. The van der Waals surface area contributed by atoms with Crippen molar-refractivity contribution in [2.75, 3.05) is 0 Å². The summed E-state index contributed by atoms with van der Waals surface area (Å²) < 4.78 is 0. The van der Waals surface area contributed by atoms with Gasteiger partial charge in [-0.05, 0) is 0 Å². The van der Waals surface area contributed by atoms with Gasteiger partial charge in [0.05, 0.1) is 0 Å². The minimum atomic E-state index is -0.447. The summed E-state index contributed by atoms with van der Waals surface area (Å²) in [6, 6.07) is 0. The van der Waals surface area contributed by atoms with Gasteiger partial charge in [-0.3, -0.25) is 4.79 Å². The van der Waals surface area contributed by atoms with Crippen LogP contribution in [0.1, 0.15) is 6.92 Å². The Labute approximate surface area is 35.6 Å². The fourth-order valence-electron chi connectivity index (χ4n) is 0.0704. The zero-order chi connectivity index (χ0) is 4.99. The third kappa shape index (κ3) is 2.96. The summed E-state index contributed by atoms with van der Waals surface area (Å²) in [5.74, 6) is -0.447. The molecule has 0 atom stereocenters. The highest BCUT2D eigenvalue weighted by Crippen LogP contribution is 1.54. The first-order valence-electron chi connectivity index (χ1n) is 1.37. The summed E-state index contributed by atoms with van der Waals surface area (Å²) in [6.07, 6.45) is 1.34. The van der Waals surface area contributed by atoms with Gasteiger partial charge in [0.15, 0.2) is 0 Å². The van der Waals surface area contributed by atoms with Crippen LogP contribution in [0.25, 0.3) is 0 Å². The Balaban J connectivity index is 3.13. The zero-order valence-electron chi connectivity index (χ0n) is 3.30. The van der Waals surface area contributed by atoms with E-state index < -0.39 is 5.91 Å². The highest BCUT2D eigenvalue weighted by Gasteiger charge is 1.83. The molecule has 0 spiro atoms. The van der Waals surface area contributed by atoms with Crippen molar-refractivity contribution in [3.63, 3.8) is 0 Å². The molecule has 3 heteroatoms. The topological polar surface area (TPSA) is 55.0 Å². The summed E-state index contributed by atoms with van der Waals surface area (Å²) >= 11 is 0. The largest absolute Gasteiger partial charge is 0.272 e. The van der Waals surface area contributed by atoms with Crippen molar-refractivity contribution in [2.24, 2.45) is 0 Å². The van der Waals surface area contributed by atoms with Gasteiger partial charge in [-0.15, -0.1) is 5.32 Å². The molecule has 1 amide bonds. The second-order valence-electron chi connectivity index (χ2n) is 0.731. The van der Waals surface area contributed by atoms with Crippen LogP contribution in [-0.4, -0.2) is 5.91 Å². The molecule has 0 rings (SSSR count). The molecule has 31 valence electrons. The van der Waals surface area contributed by atoms with Gasteiger partial charge in [0.1, 0.15) is 0 Å². The molecule has 0 aliphatic rings. The first kappa shape index (κ1) is 4.96. The molecule has 0 saturated carbocycles. The molecule has 0 unspecified atom stereocenters. The number of nitriles is 1. The Kier molecular flexibility index (Phi) is 1.83. The molecular formula is C3H3N2O. The number of hydrogen-bond acceptors (Lipinski definition) is 2. The van der Waals surface area contributed by atoms with Gasteiger partial charge in [0.2, 0.25) is 6.19 Å². The van der Waals surface area contributed by atoms with Crippen LogP contribution in [0.4, 0.5) is 0 Å². The van der Waals surface area contributed by atoms with Crippen molar-refractivity contribution < 1.29 is 4.79 Å². The molecule has 0 heterocycles. The van der Waals surface area contributed by atoms with Gasteiger partial charge in [-0.2, -0.15) is 5.26 Å². The van der Waals surface area contributed by atoms with Crippen LogP contribution < -0.4 is 5.32 Å². The Bertz CT molecular complexity index is 91.5. The Hall–Kier alpha value is -1.04. The van der Waals surface area contributed by atoms with E-state index in [2.05, 4.69) is 5.32 Å². The lowest BCUT2D eigenvalue weighted by molar-refractivity contribution is -0.118. The molecule has 0 aliphatic carbocycles. The van der Waals surface area contributed by atoms with E-state index >= 15 is 0 Å². The van der Waals surface area contributed by atoms with Crippen molar-refractivity contribution in [3.05, 3.63) is 0 Å². The van der Waals surface area contributed by atoms with Crippen LogP contribution in [0.3, 0.4) is 0 Å². The second-order valence-corrected chi connectivity index (χ2v) is 0.731. The Morgan fingerprint density at radius 3 is 2.50 bits per heavy atom. The van der Waals surface area contributed by atoms with E-state index in [4.69, 9.17) is 5.26 Å². The van der Waals surface area contributed by atoms with Gasteiger partial charge < -0.3 is 0 Å². The van der Waals surface area contributed by atoms with Crippen molar-refractivity contribution >= 4 is 5.91 Å². The third-order valence-corrected chi connectivity index (χ3v) is 0.207. The number of hydrogen-bond donors (Lipinski definition) is 0. The molecule has 0 aliphatic heterocycles. The summed E-state index contributed by atoms with van der Waals surface area (Å²) in [5, 5.41) is 10.4. The Morgan fingerprint density at radius 1 is 2.00 bits per heavy atom. The minimum Gasteiger partial charge on any atom is -0.272 e. The van der Waals surface area contributed by atoms with Crippen molar-refractivity contribution in [2.45, 2.75) is 6.92 Å². The number of carbonyl (C=O) groups excluding carboxylic acids is 1. The lowest BCUT2D eigenvalue weighted by atomic mass is 10.7. The van der Waals surface area contributed by atoms with Crippen LogP contribution >= 0.6 is 0 Å². The minimum absolute atomic E-state index is 0.447. The maximum Gasteiger partial charge on any atom is 0.252 e. The predicted octanol–water partition coefficient (Wildman–Crippen LogP) is -0.382. The van der Waals surface area contributed by atoms with Gasteiger partial charge >= 0.3 is 0 Å². The molecule has 0 fully saturated rings. The monoisotopic (exact) mass is 83.0 g/mol. The Morgan fingerprint density at radius 2 is 2.50 bits per heavy atom. The molecule has 0 aromatic heterocycles. The number of nitrogens with zero attached hydrogens (tertiary/aromatic N) is 2. The quantitative estimate of drug-likeness (QED) is 0.375. The van der Waals surface area contributed by atoms with Gasteiger partial charge in [-0.25, -0.2) is 0 Å². The maximum absolute atomic E-state index is 9.65. The summed E-state index contributed by atoms with van der Waals surface area (Å²) in [6.45, 7) is 1.23. The van der Waals surface area contributed by atoms with E-state index in [0.29, 0.717) is 0 Å². The maximum atomic E-state index is 9.65. The molecule has 6 heavy (non-hydrogen) atoms. The second kappa shape index (κ2) is 2.21. The van der Waals surface area contributed by atoms with Gasteiger partial charge in [-0.1, -0.05) is 0 Å². The third-order valence-electron chi connectivity index (χ3n) is 0.207. The van der Waals surface area contributed by atoms with Gasteiger partial charge in [0, 0.05) is 6.92 Å². The first-order chi connectivity index (χ1) is 2.77. The number of amides is 1. The van der Waals surface area contributed by atoms with E-state index in [0.717, 1.165) is 0 Å². The zero-order valence-corrected chi connectivity index (χ0v) is 3.30. The average molecular weight is 83.1 g/mol. The first-order valence-corrected chi connectivity index (χ1v) is 1.37. The predicted molar refractivity (Wildman–Crippen MR) is 18.4 cm³/mol. The van der Waals surface area contributed by atoms with Crippen molar-refractivity contribution in [3.8, 4) is 6.19 Å². The molecule has 0 aromatic rings. The molecular weight excluding hydrogens is 80.0 g/mol. The summed E-state index contributed by atoms with van der Waals surface area (Å²) in [4.78, 5) is 9.65. The lowest BCUT2D eigenvalue weighted by Gasteiger charge is -1.70. The van der Waals surface area contributed by atoms with Gasteiger partial charge in [0.25, 0.3) is 5.91 Å².